The van der Waals surface area contributed by atoms with Crippen molar-refractivity contribution in [2.45, 2.75) is 25.4 Å². The molecule has 1 aliphatic carbocycles. The number of hydrogen-bond acceptors (Lipinski definition) is 8. The topological polar surface area (TPSA) is 126 Å². The van der Waals surface area contributed by atoms with Crippen molar-refractivity contribution in [3.05, 3.63) is 59.1 Å². The van der Waals surface area contributed by atoms with E-state index in [1.807, 2.05) is 19.1 Å². The Kier molecular flexibility index (Phi) is 9.39. The maximum absolute atomic E-state index is 14.4. The average molecular weight is 520 g/mol. The number of aromatic nitrogens is 1. The van der Waals surface area contributed by atoms with Crippen LogP contribution in [0.2, 0.25) is 0 Å². The van der Waals surface area contributed by atoms with Crippen LogP contribution in [-0.4, -0.2) is 67.2 Å². The van der Waals surface area contributed by atoms with Crippen molar-refractivity contribution in [3.8, 4) is 11.5 Å². The number of benzene rings is 1. The maximum Gasteiger partial charge on any atom is 1.00 e. The van der Waals surface area contributed by atoms with Gasteiger partial charge in [0.1, 0.15) is 17.2 Å². The third-order valence-electron chi connectivity index (χ3n) is 6.34. The molecule has 1 aromatic carbocycles. The third kappa shape index (κ3) is 6.57. The molecular formula is C25H31FKN7O2. The molecule has 2 heterocycles. The zero-order valence-electron chi connectivity index (χ0n) is 21.3. The van der Waals surface area contributed by atoms with E-state index in [9.17, 15) is 4.39 Å². The van der Waals surface area contributed by atoms with Crippen molar-refractivity contribution in [2.24, 2.45) is 0 Å². The van der Waals surface area contributed by atoms with E-state index in [0.29, 0.717) is 18.9 Å². The molecular weight excluding hydrogens is 488 g/mol. The molecule has 1 saturated heterocycles. The Morgan fingerprint density at radius 1 is 1.19 bits per heavy atom. The van der Waals surface area contributed by atoms with E-state index < -0.39 is 5.82 Å². The zero-order chi connectivity index (χ0) is 25.2. The summed E-state index contributed by atoms with van der Waals surface area (Å²) in [7, 11) is 3.29. The Hall–Kier alpha value is -2.18. The van der Waals surface area contributed by atoms with Gasteiger partial charge in [-0.3, -0.25) is 10.8 Å². The maximum atomic E-state index is 14.4. The number of anilines is 2. The fraction of sp³-hybridized carbons (Fsp3) is 0.400. The first-order valence-electron chi connectivity index (χ1n) is 11.5. The van der Waals surface area contributed by atoms with Gasteiger partial charge in [-0.05, 0) is 51.1 Å². The van der Waals surface area contributed by atoms with Crippen LogP contribution in [0.1, 0.15) is 25.3 Å². The molecule has 11 heteroatoms. The second kappa shape index (κ2) is 11.9. The fourth-order valence-electron chi connectivity index (χ4n) is 3.91. The normalized spacial score (nSPS) is 16.6. The summed E-state index contributed by atoms with van der Waals surface area (Å²) < 4.78 is 25.4. The number of nitrogen functional groups attached to an aromatic ring is 1. The molecule has 9 nitrogen and oxygen atoms in total. The van der Waals surface area contributed by atoms with Crippen molar-refractivity contribution in [1.82, 2.24) is 9.88 Å². The van der Waals surface area contributed by atoms with Gasteiger partial charge in [0.2, 0.25) is 0 Å². The van der Waals surface area contributed by atoms with Crippen LogP contribution in [0.5, 0.6) is 11.5 Å². The van der Waals surface area contributed by atoms with Gasteiger partial charge in [-0.1, -0.05) is 12.9 Å². The van der Waals surface area contributed by atoms with Crippen molar-refractivity contribution in [1.29, 1.82) is 10.8 Å². The summed E-state index contributed by atoms with van der Waals surface area (Å²) in [5.41, 5.74) is 5.79. The van der Waals surface area contributed by atoms with Gasteiger partial charge in [0.15, 0.2) is 11.6 Å². The standard InChI is InChI=1S/C25H31FN7O2.K/c1-25(5-6-25)35-21-13-17(19(27)14-18(21)26)24(29)20(28)15-22(30-2)32-8-10-33(11-9-32)23-12-16(34-3)4-7-31-23;/h4,7,12-15,28-29H,5-6,8-11,27H2,1-3H3;/q-1;+1/b22-15+,28-20?,29-24?;. The number of piperazine rings is 1. The number of pyridine rings is 1. The van der Waals surface area contributed by atoms with E-state index in [0.717, 1.165) is 43.6 Å². The second-order valence-electron chi connectivity index (χ2n) is 8.96. The smallest absolute Gasteiger partial charge is 0.497 e. The number of nitrogens with zero attached hydrogens (tertiary/aromatic N) is 4. The van der Waals surface area contributed by atoms with E-state index in [-0.39, 0.29) is 85.4 Å². The Bertz CT molecular complexity index is 1160. The van der Waals surface area contributed by atoms with Crippen LogP contribution in [0.25, 0.3) is 5.32 Å². The number of rotatable bonds is 9. The molecule has 0 unspecified atom stereocenters. The van der Waals surface area contributed by atoms with Crippen molar-refractivity contribution in [3.63, 3.8) is 0 Å². The van der Waals surface area contributed by atoms with Crippen LogP contribution < -0.4 is 71.5 Å². The predicted octanol–water partition coefficient (Wildman–Crippen LogP) is 0.802. The summed E-state index contributed by atoms with van der Waals surface area (Å²) >= 11 is 0. The minimum absolute atomic E-state index is 0. The van der Waals surface area contributed by atoms with Crippen LogP contribution in [0, 0.1) is 16.6 Å². The number of halogens is 1. The molecule has 0 radical (unpaired) electrons. The first-order chi connectivity index (χ1) is 16.7. The van der Waals surface area contributed by atoms with E-state index in [1.54, 1.807) is 26.4 Å². The first-order valence-corrected chi connectivity index (χ1v) is 11.5. The van der Waals surface area contributed by atoms with Crippen molar-refractivity contribution in [2.75, 3.05) is 51.0 Å². The van der Waals surface area contributed by atoms with E-state index >= 15 is 0 Å². The molecule has 0 spiro atoms. The van der Waals surface area contributed by atoms with Gasteiger partial charge in [0, 0.05) is 42.7 Å². The fourth-order valence-corrected chi connectivity index (χ4v) is 3.91. The van der Waals surface area contributed by atoms with Crippen LogP contribution >= 0.6 is 0 Å². The minimum atomic E-state index is -0.568. The van der Waals surface area contributed by atoms with E-state index in [1.165, 1.54) is 6.07 Å². The van der Waals surface area contributed by atoms with Gasteiger partial charge in [0.05, 0.1) is 18.5 Å². The van der Waals surface area contributed by atoms with Crippen molar-refractivity contribution < 1.29 is 65.2 Å². The molecule has 0 atom stereocenters. The van der Waals surface area contributed by atoms with E-state index in [2.05, 4.69) is 20.1 Å². The van der Waals surface area contributed by atoms with Crippen LogP contribution in [0.15, 0.2) is 42.4 Å². The molecule has 1 saturated carbocycles. The Morgan fingerprint density at radius 2 is 1.89 bits per heavy atom. The number of nitrogens with two attached hydrogens (primary N) is 1. The van der Waals surface area contributed by atoms with Gasteiger partial charge in [-0.2, -0.15) is 0 Å². The number of methoxy groups -OCH3 is 1. The molecule has 2 aliphatic rings. The molecule has 1 aromatic heterocycles. The first kappa shape index (κ1) is 28.4. The average Bonchev–Trinajstić information content (AvgIpc) is 3.60. The molecule has 2 fully saturated rings. The molecule has 4 N–H and O–H groups in total. The Labute approximate surface area is 253 Å². The molecule has 2 aromatic rings. The number of allylic oxidation sites excluding steroid dienone is 1. The predicted molar refractivity (Wildman–Crippen MR) is 136 cm³/mol. The van der Waals surface area contributed by atoms with Crippen LogP contribution in [-0.2, 0) is 0 Å². The monoisotopic (exact) mass is 519 g/mol. The zero-order valence-corrected chi connectivity index (χ0v) is 24.4. The quantitative estimate of drug-likeness (QED) is 0.256. The summed E-state index contributed by atoms with van der Waals surface area (Å²) in [4.78, 5) is 8.66. The molecule has 186 valence electrons. The number of nitrogens with one attached hydrogen (secondary N) is 2. The molecule has 4 rings (SSSR count). The molecule has 36 heavy (non-hydrogen) atoms. The molecule has 0 bridgehead atoms. The van der Waals surface area contributed by atoms with Crippen LogP contribution in [0.4, 0.5) is 15.9 Å². The van der Waals surface area contributed by atoms with Gasteiger partial charge >= 0.3 is 51.4 Å². The van der Waals surface area contributed by atoms with Crippen LogP contribution in [0.3, 0.4) is 0 Å². The van der Waals surface area contributed by atoms with Gasteiger partial charge in [-0.15, -0.1) is 0 Å². The Balaban J connectivity index is 0.00000361. The summed E-state index contributed by atoms with van der Waals surface area (Å²) in [5, 5.41) is 21.4. The molecule has 0 amide bonds. The number of hydrogen-bond donors (Lipinski definition) is 3. The van der Waals surface area contributed by atoms with Gasteiger partial charge in [0.25, 0.3) is 0 Å². The SMILES string of the molecule is C[N-]/C(=C\C(=N)C(=N)c1cc(OC2(C)CC2)c(F)cc1N)N1CCN(c2cc(OC)ccn2)CC1.[K+]. The largest absolute Gasteiger partial charge is 1.00 e. The summed E-state index contributed by atoms with van der Waals surface area (Å²) in [5.74, 6) is 1.69. The number of ether oxygens (including phenoxy) is 2. The summed E-state index contributed by atoms with van der Waals surface area (Å²) in [6, 6.07) is 6.29. The second-order valence-corrected chi connectivity index (χ2v) is 8.96. The Morgan fingerprint density at radius 3 is 2.50 bits per heavy atom. The van der Waals surface area contributed by atoms with Gasteiger partial charge < -0.3 is 30.3 Å². The summed E-state index contributed by atoms with van der Waals surface area (Å²) in [6.07, 6.45) is 4.98. The van der Waals surface area contributed by atoms with Gasteiger partial charge in [-0.25, -0.2) is 9.37 Å². The minimum Gasteiger partial charge on any atom is -0.497 e. The van der Waals surface area contributed by atoms with E-state index in [4.69, 9.17) is 26.0 Å². The van der Waals surface area contributed by atoms with Crippen molar-refractivity contribution >= 4 is 22.9 Å². The summed E-state index contributed by atoms with van der Waals surface area (Å²) in [6.45, 7) is 4.72. The molecule has 1 aliphatic heterocycles. The third-order valence-corrected chi connectivity index (χ3v) is 6.34.